The topological polar surface area (TPSA) is 109 Å². The van der Waals surface area contributed by atoms with Crippen LogP contribution in [-0.2, 0) is 16.1 Å². The Labute approximate surface area is 126 Å². The second-order valence-electron chi connectivity index (χ2n) is 4.85. The molecule has 8 heteroatoms. The molecule has 0 aliphatic rings. The molecule has 0 atom stereocenters. The summed E-state index contributed by atoms with van der Waals surface area (Å²) in [6, 6.07) is 5.54. The highest BCUT2D eigenvalue weighted by atomic mass is 16.4. The van der Waals surface area contributed by atoms with E-state index in [0.717, 1.165) is 11.2 Å². The number of aliphatic carboxylic acids is 2. The number of carboxylic acids is 2. The summed E-state index contributed by atoms with van der Waals surface area (Å²) in [5.74, 6) is -1.72. The number of aryl methyl sites for hydroxylation is 1. The molecule has 1 aromatic carbocycles. The zero-order chi connectivity index (χ0) is 16.1. The number of hydrogen-bond donors (Lipinski definition) is 2. The van der Waals surface area contributed by atoms with Crippen LogP contribution < -0.4 is 4.90 Å². The van der Waals surface area contributed by atoms with Gasteiger partial charge in [0.25, 0.3) is 0 Å². The highest BCUT2D eigenvalue weighted by Crippen LogP contribution is 2.21. The molecule has 0 saturated carbocycles. The molecule has 22 heavy (non-hydrogen) atoms. The van der Waals surface area contributed by atoms with Gasteiger partial charge >= 0.3 is 11.9 Å². The van der Waals surface area contributed by atoms with E-state index in [1.54, 1.807) is 4.68 Å². The van der Waals surface area contributed by atoms with E-state index in [2.05, 4.69) is 10.3 Å². The van der Waals surface area contributed by atoms with Gasteiger partial charge in [0.15, 0.2) is 0 Å². The van der Waals surface area contributed by atoms with Gasteiger partial charge in [-0.05, 0) is 25.1 Å². The first-order chi connectivity index (χ1) is 10.5. The van der Waals surface area contributed by atoms with Crippen molar-refractivity contribution in [3.05, 3.63) is 18.2 Å². The average Bonchev–Trinajstić information content (AvgIpc) is 2.88. The zero-order valence-corrected chi connectivity index (χ0v) is 12.3. The SMILES string of the molecule is CCN(CCC(=O)O)c1ccc2c(c1)nnn2CCC(=O)O. The van der Waals surface area contributed by atoms with Gasteiger partial charge in [-0.3, -0.25) is 9.59 Å². The lowest BCUT2D eigenvalue weighted by Gasteiger charge is -2.22. The number of carboxylic acid groups (broad SMARTS) is 2. The molecule has 0 radical (unpaired) electrons. The third-order valence-electron chi connectivity index (χ3n) is 3.38. The van der Waals surface area contributed by atoms with Gasteiger partial charge in [-0.15, -0.1) is 5.10 Å². The molecule has 0 aliphatic carbocycles. The lowest BCUT2D eigenvalue weighted by Crippen LogP contribution is -2.25. The standard InChI is InChI=1S/C14H18N4O4/c1-2-17(7-5-13(19)20)10-3-4-12-11(9-10)15-16-18(12)8-6-14(21)22/h3-4,9H,2,5-8H2,1H3,(H,19,20)(H,21,22). The van der Waals surface area contributed by atoms with Gasteiger partial charge in [0.1, 0.15) is 5.52 Å². The van der Waals surface area contributed by atoms with Gasteiger partial charge in [-0.25, -0.2) is 4.68 Å². The van der Waals surface area contributed by atoms with Crippen molar-refractivity contribution in [3.8, 4) is 0 Å². The summed E-state index contributed by atoms with van der Waals surface area (Å²) in [7, 11) is 0. The van der Waals surface area contributed by atoms with Crippen molar-refractivity contribution in [2.24, 2.45) is 0 Å². The Hall–Kier alpha value is -2.64. The highest BCUT2D eigenvalue weighted by molar-refractivity contribution is 5.79. The predicted molar refractivity (Wildman–Crippen MR) is 79.9 cm³/mol. The molecule has 1 aromatic heterocycles. The molecule has 118 valence electrons. The maximum atomic E-state index is 10.7. The Balaban J connectivity index is 2.19. The average molecular weight is 306 g/mol. The van der Waals surface area contributed by atoms with E-state index in [9.17, 15) is 9.59 Å². The normalized spacial score (nSPS) is 10.8. The molecule has 8 nitrogen and oxygen atoms in total. The molecule has 0 bridgehead atoms. The molecule has 0 aliphatic heterocycles. The number of benzene rings is 1. The first kappa shape index (κ1) is 15.7. The summed E-state index contributed by atoms with van der Waals surface area (Å²) in [6.07, 6.45) is 0.0527. The van der Waals surface area contributed by atoms with Gasteiger partial charge in [-0.1, -0.05) is 5.21 Å². The predicted octanol–water partition coefficient (Wildman–Crippen LogP) is 1.21. The van der Waals surface area contributed by atoms with Crippen LogP contribution in [0, 0.1) is 0 Å². The molecule has 2 aromatic rings. The quantitative estimate of drug-likeness (QED) is 0.754. The maximum absolute atomic E-state index is 10.7. The molecule has 0 unspecified atom stereocenters. The monoisotopic (exact) mass is 306 g/mol. The van der Waals surface area contributed by atoms with E-state index < -0.39 is 11.9 Å². The van der Waals surface area contributed by atoms with Crippen LogP contribution in [0.3, 0.4) is 0 Å². The number of fused-ring (bicyclic) bond motifs is 1. The van der Waals surface area contributed by atoms with Gasteiger partial charge in [0, 0.05) is 18.8 Å². The van der Waals surface area contributed by atoms with Crippen molar-refractivity contribution in [1.29, 1.82) is 0 Å². The van der Waals surface area contributed by atoms with Gasteiger partial charge in [0.2, 0.25) is 0 Å². The third-order valence-corrected chi connectivity index (χ3v) is 3.38. The van der Waals surface area contributed by atoms with E-state index in [1.807, 2.05) is 30.0 Å². The van der Waals surface area contributed by atoms with Gasteiger partial charge < -0.3 is 15.1 Å². The summed E-state index contributed by atoms with van der Waals surface area (Å²) in [5, 5.41) is 25.5. The molecule has 0 spiro atoms. The van der Waals surface area contributed by atoms with Crippen molar-refractivity contribution < 1.29 is 19.8 Å². The van der Waals surface area contributed by atoms with Gasteiger partial charge in [-0.2, -0.15) is 0 Å². The molecule has 1 heterocycles. The lowest BCUT2D eigenvalue weighted by molar-refractivity contribution is -0.138. The number of aromatic nitrogens is 3. The minimum absolute atomic E-state index is 0.0140. The summed E-state index contributed by atoms with van der Waals surface area (Å²) in [5.41, 5.74) is 2.30. The van der Waals surface area contributed by atoms with Crippen LogP contribution in [0.1, 0.15) is 19.8 Å². The number of hydrogen-bond acceptors (Lipinski definition) is 5. The molecule has 0 fully saturated rings. The largest absolute Gasteiger partial charge is 0.481 e. The number of rotatable bonds is 8. The fraction of sp³-hybridized carbons (Fsp3) is 0.429. The smallest absolute Gasteiger partial charge is 0.305 e. The van der Waals surface area contributed by atoms with Crippen LogP contribution >= 0.6 is 0 Å². The molecular weight excluding hydrogens is 288 g/mol. The van der Waals surface area contributed by atoms with Crippen LogP contribution in [-0.4, -0.2) is 50.2 Å². The maximum Gasteiger partial charge on any atom is 0.305 e. The third kappa shape index (κ3) is 3.72. The number of nitrogens with zero attached hydrogens (tertiary/aromatic N) is 4. The van der Waals surface area contributed by atoms with Crippen LogP contribution in [0.4, 0.5) is 5.69 Å². The van der Waals surface area contributed by atoms with Crippen molar-refractivity contribution in [3.63, 3.8) is 0 Å². The van der Waals surface area contributed by atoms with Crippen molar-refractivity contribution in [1.82, 2.24) is 15.0 Å². The molecule has 2 rings (SSSR count). The molecule has 0 amide bonds. The van der Waals surface area contributed by atoms with E-state index in [4.69, 9.17) is 10.2 Å². The minimum atomic E-state index is -0.883. The van der Waals surface area contributed by atoms with E-state index >= 15 is 0 Å². The summed E-state index contributed by atoms with van der Waals surface area (Å²) >= 11 is 0. The van der Waals surface area contributed by atoms with Crippen molar-refractivity contribution >= 4 is 28.7 Å². The Morgan fingerprint density at radius 3 is 2.59 bits per heavy atom. The van der Waals surface area contributed by atoms with E-state index in [0.29, 0.717) is 18.6 Å². The van der Waals surface area contributed by atoms with Crippen LogP contribution in [0.25, 0.3) is 11.0 Å². The fourth-order valence-electron chi connectivity index (χ4n) is 2.22. The van der Waals surface area contributed by atoms with Crippen LogP contribution in [0.2, 0.25) is 0 Å². The lowest BCUT2D eigenvalue weighted by atomic mass is 10.2. The van der Waals surface area contributed by atoms with Crippen molar-refractivity contribution in [2.45, 2.75) is 26.3 Å². The summed E-state index contributed by atoms with van der Waals surface area (Å²) in [6.45, 7) is 3.33. The molecular formula is C14H18N4O4. The van der Waals surface area contributed by atoms with Crippen molar-refractivity contribution in [2.75, 3.05) is 18.0 Å². The van der Waals surface area contributed by atoms with Crippen LogP contribution in [0.15, 0.2) is 18.2 Å². The first-order valence-electron chi connectivity index (χ1n) is 7.03. The second-order valence-corrected chi connectivity index (χ2v) is 4.85. The number of carbonyl (C=O) groups is 2. The van der Waals surface area contributed by atoms with E-state index in [1.165, 1.54) is 0 Å². The Kier molecular flexibility index (Phi) is 4.92. The number of anilines is 1. The Morgan fingerprint density at radius 2 is 1.95 bits per heavy atom. The van der Waals surface area contributed by atoms with Crippen LogP contribution in [0.5, 0.6) is 0 Å². The zero-order valence-electron chi connectivity index (χ0n) is 12.3. The highest BCUT2D eigenvalue weighted by Gasteiger charge is 2.11. The minimum Gasteiger partial charge on any atom is -0.481 e. The summed E-state index contributed by atoms with van der Waals surface area (Å²) in [4.78, 5) is 23.3. The fourth-order valence-corrected chi connectivity index (χ4v) is 2.22. The molecule has 2 N–H and O–H groups in total. The second kappa shape index (κ2) is 6.88. The Bertz CT molecular complexity index is 683. The van der Waals surface area contributed by atoms with E-state index in [-0.39, 0.29) is 19.4 Å². The Morgan fingerprint density at radius 1 is 1.23 bits per heavy atom. The summed E-state index contributed by atoms with van der Waals surface area (Å²) < 4.78 is 1.56. The van der Waals surface area contributed by atoms with Gasteiger partial charge in [0.05, 0.1) is 24.9 Å². The molecule has 0 saturated heterocycles. The first-order valence-corrected chi connectivity index (χ1v) is 7.03.